The summed E-state index contributed by atoms with van der Waals surface area (Å²) in [6, 6.07) is 13.6. The van der Waals surface area contributed by atoms with Crippen LogP contribution >= 0.6 is 11.3 Å². The summed E-state index contributed by atoms with van der Waals surface area (Å²) in [6.07, 6.45) is 5.45. The van der Waals surface area contributed by atoms with Crippen molar-refractivity contribution in [2.45, 2.75) is 22.1 Å². The zero-order chi connectivity index (χ0) is 22.0. The molecule has 1 aromatic heterocycles. The highest BCUT2D eigenvalue weighted by molar-refractivity contribution is 7.91. The molecule has 0 bridgehead atoms. The maximum atomic E-state index is 13.2. The summed E-state index contributed by atoms with van der Waals surface area (Å²) in [5.41, 5.74) is 1.17. The van der Waals surface area contributed by atoms with Crippen molar-refractivity contribution in [1.82, 2.24) is 0 Å². The third kappa shape index (κ3) is 3.90. The lowest BCUT2D eigenvalue weighted by atomic mass is 9.90. The SMILES string of the molecule is C#CCOc1ccc([C@H]2CC(=O)Nc3c(S(=O)(=O)c4ccccc4)csc32)cc1OC. The number of anilines is 1. The average molecular weight is 454 g/mol. The summed E-state index contributed by atoms with van der Waals surface area (Å²) >= 11 is 1.32. The van der Waals surface area contributed by atoms with Gasteiger partial charge in [-0.3, -0.25) is 4.79 Å². The van der Waals surface area contributed by atoms with Crippen LogP contribution in [-0.2, 0) is 14.6 Å². The third-order valence-electron chi connectivity index (χ3n) is 5.00. The number of thiophene rings is 1. The van der Waals surface area contributed by atoms with E-state index in [0.29, 0.717) is 17.2 Å². The number of fused-ring (bicyclic) bond motifs is 1. The third-order valence-corrected chi connectivity index (χ3v) is 8.04. The standard InChI is InChI=1S/C23H19NO5S2/c1-3-11-29-18-10-9-15(12-19(18)28-2)17-13-21(25)24-22-20(14-30-23(17)22)31(26,27)16-7-5-4-6-8-16/h1,4-10,12,14,17H,11,13H2,2H3,(H,24,25)/t17-/m1/s1. The van der Waals surface area contributed by atoms with Crippen molar-refractivity contribution >= 4 is 32.8 Å². The summed E-state index contributed by atoms with van der Waals surface area (Å²) < 4.78 is 37.2. The van der Waals surface area contributed by atoms with Gasteiger partial charge in [0.1, 0.15) is 11.5 Å². The molecule has 0 radical (unpaired) electrons. The van der Waals surface area contributed by atoms with Crippen molar-refractivity contribution in [1.29, 1.82) is 0 Å². The van der Waals surface area contributed by atoms with Crippen molar-refractivity contribution in [2.24, 2.45) is 0 Å². The van der Waals surface area contributed by atoms with E-state index in [-0.39, 0.29) is 34.6 Å². The number of rotatable bonds is 6. The zero-order valence-corrected chi connectivity index (χ0v) is 18.3. The topological polar surface area (TPSA) is 81.7 Å². The second kappa shape index (κ2) is 8.46. The number of nitrogens with one attached hydrogen (secondary N) is 1. The number of amides is 1. The van der Waals surface area contributed by atoms with Crippen molar-refractivity contribution < 1.29 is 22.7 Å². The van der Waals surface area contributed by atoms with Gasteiger partial charge in [0.2, 0.25) is 15.7 Å². The molecule has 2 aromatic carbocycles. The van der Waals surface area contributed by atoms with Crippen LogP contribution < -0.4 is 14.8 Å². The molecule has 0 spiro atoms. The molecular weight excluding hydrogens is 434 g/mol. The van der Waals surface area contributed by atoms with Gasteiger partial charge in [-0.15, -0.1) is 17.8 Å². The van der Waals surface area contributed by atoms with E-state index in [4.69, 9.17) is 15.9 Å². The molecule has 158 valence electrons. The molecular formula is C23H19NO5S2. The Morgan fingerprint density at radius 2 is 1.97 bits per heavy atom. The average Bonchev–Trinajstić information content (AvgIpc) is 3.22. The molecule has 1 atom stereocenters. The number of benzene rings is 2. The van der Waals surface area contributed by atoms with E-state index in [0.717, 1.165) is 10.4 Å². The van der Waals surface area contributed by atoms with Gasteiger partial charge in [0.15, 0.2) is 11.5 Å². The van der Waals surface area contributed by atoms with Crippen LogP contribution in [0.15, 0.2) is 63.7 Å². The molecule has 0 fully saturated rings. The van der Waals surface area contributed by atoms with E-state index in [1.807, 2.05) is 6.07 Å². The summed E-state index contributed by atoms with van der Waals surface area (Å²) in [7, 11) is -2.24. The summed E-state index contributed by atoms with van der Waals surface area (Å²) in [4.78, 5) is 13.6. The van der Waals surface area contributed by atoms with Crippen LogP contribution in [0.1, 0.15) is 22.8 Å². The number of hydrogen-bond donors (Lipinski definition) is 1. The normalized spacial score (nSPS) is 15.5. The largest absolute Gasteiger partial charge is 0.493 e. The van der Waals surface area contributed by atoms with Crippen molar-refractivity contribution in [2.75, 3.05) is 19.0 Å². The number of terminal acetylenes is 1. The van der Waals surface area contributed by atoms with E-state index in [9.17, 15) is 13.2 Å². The molecule has 0 unspecified atom stereocenters. The molecule has 8 heteroatoms. The van der Waals surface area contributed by atoms with E-state index < -0.39 is 9.84 Å². The molecule has 1 amide bonds. The van der Waals surface area contributed by atoms with Gasteiger partial charge < -0.3 is 14.8 Å². The van der Waals surface area contributed by atoms with Crippen molar-refractivity contribution in [3.63, 3.8) is 0 Å². The highest BCUT2D eigenvalue weighted by Crippen LogP contribution is 2.46. The van der Waals surface area contributed by atoms with Crippen LogP contribution in [0.2, 0.25) is 0 Å². The fourth-order valence-electron chi connectivity index (χ4n) is 3.54. The molecule has 1 aliphatic rings. The second-order valence-corrected chi connectivity index (χ2v) is 9.69. The number of hydrogen-bond acceptors (Lipinski definition) is 6. The first-order chi connectivity index (χ1) is 15.0. The number of methoxy groups -OCH3 is 1. The van der Waals surface area contributed by atoms with Crippen LogP contribution in [0.3, 0.4) is 0 Å². The van der Waals surface area contributed by atoms with Gasteiger partial charge in [-0.05, 0) is 29.8 Å². The minimum absolute atomic E-state index is 0.108. The molecule has 31 heavy (non-hydrogen) atoms. The van der Waals surface area contributed by atoms with E-state index in [1.54, 1.807) is 47.8 Å². The van der Waals surface area contributed by atoms with Gasteiger partial charge in [-0.2, -0.15) is 0 Å². The van der Waals surface area contributed by atoms with Gasteiger partial charge in [0.25, 0.3) is 0 Å². The summed E-state index contributed by atoms with van der Waals surface area (Å²) in [6.45, 7) is 0.108. The van der Waals surface area contributed by atoms with Crippen LogP contribution in [0.4, 0.5) is 5.69 Å². The van der Waals surface area contributed by atoms with Crippen LogP contribution in [0.5, 0.6) is 11.5 Å². The monoisotopic (exact) mass is 453 g/mol. The van der Waals surface area contributed by atoms with E-state index in [2.05, 4.69) is 11.2 Å². The zero-order valence-electron chi connectivity index (χ0n) is 16.6. The Labute approximate surface area is 184 Å². The second-order valence-electron chi connectivity index (χ2n) is 6.86. The van der Waals surface area contributed by atoms with Gasteiger partial charge in [0, 0.05) is 22.6 Å². The molecule has 1 N–H and O–H groups in total. The first-order valence-electron chi connectivity index (χ1n) is 9.41. The smallest absolute Gasteiger partial charge is 0.225 e. The van der Waals surface area contributed by atoms with Gasteiger partial charge in [-0.1, -0.05) is 30.2 Å². The Balaban J connectivity index is 1.77. The highest BCUT2D eigenvalue weighted by atomic mass is 32.2. The first-order valence-corrected chi connectivity index (χ1v) is 11.8. The molecule has 0 aliphatic carbocycles. The predicted octanol–water partition coefficient (Wildman–Crippen LogP) is 4.08. The lowest BCUT2D eigenvalue weighted by Gasteiger charge is -2.24. The van der Waals surface area contributed by atoms with Crippen LogP contribution in [-0.4, -0.2) is 28.0 Å². The minimum atomic E-state index is -3.76. The predicted molar refractivity (Wildman–Crippen MR) is 119 cm³/mol. The maximum absolute atomic E-state index is 13.2. The van der Waals surface area contributed by atoms with Gasteiger partial charge in [-0.25, -0.2) is 8.42 Å². The van der Waals surface area contributed by atoms with Crippen LogP contribution in [0, 0.1) is 12.3 Å². The van der Waals surface area contributed by atoms with Crippen LogP contribution in [0.25, 0.3) is 0 Å². The Bertz CT molecular complexity index is 1270. The Kier molecular flexibility index (Phi) is 5.72. The Morgan fingerprint density at radius 3 is 2.68 bits per heavy atom. The van der Waals surface area contributed by atoms with Crippen molar-refractivity contribution in [3.8, 4) is 23.8 Å². The fourth-order valence-corrected chi connectivity index (χ4v) is 6.47. The number of carbonyl (C=O) groups excluding carboxylic acids is 1. The lowest BCUT2D eigenvalue weighted by Crippen LogP contribution is -2.23. The van der Waals surface area contributed by atoms with E-state index >= 15 is 0 Å². The summed E-state index contributed by atoms with van der Waals surface area (Å²) in [5.74, 6) is 2.86. The molecule has 1 aliphatic heterocycles. The molecule has 4 rings (SSSR count). The van der Waals surface area contributed by atoms with Gasteiger partial charge >= 0.3 is 0 Å². The number of carbonyl (C=O) groups is 1. The maximum Gasteiger partial charge on any atom is 0.225 e. The number of ether oxygens (including phenoxy) is 2. The van der Waals surface area contributed by atoms with Gasteiger partial charge in [0.05, 0.1) is 17.7 Å². The lowest BCUT2D eigenvalue weighted by molar-refractivity contribution is -0.116. The Hall–Kier alpha value is -3.28. The molecule has 0 saturated heterocycles. The highest BCUT2D eigenvalue weighted by Gasteiger charge is 2.34. The van der Waals surface area contributed by atoms with Crippen molar-refractivity contribution in [3.05, 3.63) is 64.4 Å². The quantitative estimate of drug-likeness (QED) is 0.569. The Morgan fingerprint density at radius 1 is 1.19 bits per heavy atom. The number of sulfone groups is 1. The first kappa shape index (κ1) is 21.0. The molecule has 0 saturated carbocycles. The molecule has 6 nitrogen and oxygen atoms in total. The fraction of sp³-hybridized carbons (Fsp3) is 0.174. The van der Waals surface area contributed by atoms with E-state index in [1.165, 1.54) is 18.4 Å². The molecule has 2 heterocycles. The minimum Gasteiger partial charge on any atom is -0.493 e. The molecule has 3 aromatic rings. The summed E-state index contributed by atoms with van der Waals surface area (Å²) in [5, 5.41) is 4.36.